The van der Waals surface area contributed by atoms with Gasteiger partial charge in [0.1, 0.15) is 0 Å². The van der Waals surface area contributed by atoms with Gasteiger partial charge in [0.05, 0.1) is 0 Å². The van der Waals surface area contributed by atoms with Gasteiger partial charge in [-0.25, -0.2) is 0 Å². The van der Waals surface area contributed by atoms with E-state index in [0.29, 0.717) is 12.5 Å². The van der Waals surface area contributed by atoms with Gasteiger partial charge < -0.3 is 10.2 Å². The van der Waals surface area contributed by atoms with Gasteiger partial charge in [0, 0.05) is 31.2 Å². The second-order valence-electron chi connectivity index (χ2n) is 5.74. The minimum absolute atomic E-state index is 0.254. The molecule has 110 valence electrons. The minimum Gasteiger partial charge on any atom is -0.312 e. The maximum absolute atomic E-state index is 11.7. The first-order chi connectivity index (χ1) is 9.70. The fourth-order valence-electron chi connectivity index (χ4n) is 2.62. The van der Waals surface area contributed by atoms with Crippen LogP contribution in [0.25, 0.3) is 0 Å². The molecule has 1 fully saturated rings. The van der Waals surface area contributed by atoms with Gasteiger partial charge in [-0.3, -0.25) is 4.79 Å². The lowest BCUT2D eigenvalue weighted by molar-refractivity contribution is -0.117. The maximum Gasteiger partial charge on any atom is 0.227 e. The molecule has 20 heavy (non-hydrogen) atoms. The molecule has 1 aliphatic rings. The highest BCUT2D eigenvalue weighted by Gasteiger charge is 2.21. The summed E-state index contributed by atoms with van der Waals surface area (Å²) in [5.41, 5.74) is 2.32. The Hall–Kier alpha value is -1.35. The average Bonchev–Trinajstić information content (AvgIpc) is 2.89. The second-order valence-corrected chi connectivity index (χ2v) is 5.74. The number of amides is 1. The van der Waals surface area contributed by atoms with Crippen molar-refractivity contribution in [1.29, 1.82) is 0 Å². The number of carbonyl (C=O) groups is 1. The van der Waals surface area contributed by atoms with Crippen molar-refractivity contribution in [2.24, 2.45) is 0 Å². The summed E-state index contributed by atoms with van der Waals surface area (Å²) in [7, 11) is 0. The lowest BCUT2D eigenvalue weighted by Crippen LogP contribution is -2.25. The molecule has 0 aromatic heterocycles. The summed E-state index contributed by atoms with van der Waals surface area (Å²) in [4.78, 5) is 13.6. The first kappa shape index (κ1) is 15.0. The molecule has 1 aliphatic heterocycles. The van der Waals surface area contributed by atoms with Crippen molar-refractivity contribution in [2.75, 3.05) is 11.4 Å². The van der Waals surface area contributed by atoms with Crippen LogP contribution in [0.4, 0.5) is 5.69 Å². The third-order valence-corrected chi connectivity index (χ3v) is 3.97. The number of nitrogens with zero attached hydrogens (tertiary/aromatic N) is 1. The van der Waals surface area contributed by atoms with E-state index in [1.807, 2.05) is 4.90 Å². The Morgan fingerprint density at radius 2 is 2.05 bits per heavy atom. The van der Waals surface area contributed by atoms with Crippen LogP contribution in [0, 0.1) is 0 Å². The van der Waals surface area contributed by atoms with Gasteiger partial charge in [0.2, 0.25) is 5.91 Å². The number of nitrogens with one attached hydrogen (secondary N) is 1. The number of hydrogen-bond donors (Lipinski definition) is 1. The maximum atomic E-state index is 11.7. The quantitative estimate of drug-likeness (QED) is 0.825. The number of rotatable bonds is 7. The summed E-state index contributed by atoms with van der Waals surface area (Å²) >= 11 is 0. The Kier molecular flexibility index (Phi) is 5.60. The zero-order valence-electron chi connectivity index (χ0n) is 12.7. The molecule has 0 saturated carbocycles. The predicted octanol–water partition coefficient (Wildman–Crippen LogP) is 3.48. The monoisotopic (exact) mass is 274 g/mol. The molecule has 2 rings (SSSR count). The van der Waals surface area contributed by atoms with E-state index in [4.69, 9.17) is 0 Å². The van der Waals surface area contributed by atoms with Crippen LogP contribution >= 0.6 is 0 Å². The fraction of sp³-hybridized carbons (Fsp3) is 0.588. The van der Waals surface area contributed by atoms with Crippen molar-refractivity contribution >= 4 is 11.6 Å². The van der Waals surface area contributed by atoms with E-state index in [1.165, 1.54) is 24.8 Å². The first-order valence-corrected chi connectivity index (χ1v) is 7.83. The zero-order valence-corrected chi connectivity index (χ0v) is 12.7. The molecule has 0 aliphatic carbocycles. The summed E-state index contributed by atoms with van der Waals surface area (Å²) in [5, 5.41) is 3.55. The smallest absolute Gasteiger partial charge is 0.227 e. The Morgan fingerprint density at radius 1 is 1.30 bits per heavy atom. The Morgan fingerprint density at radius 3 is 2.65 bits per heavy atom. The third kappa shape index (κ3) is 4.07. The number of hydrogen-bond acceptors (Lipinski definition) is 2. The van der Waals surface area contributed by atoms with E-state index in [2.05, 4.69) is 43.4 Å². The number of benzene rings is 1. The van der Waals surface area contributed by atoms with Gasteiger partial charge in [-0.05, 0) is 37.5 Å². The second kappa shape index (κ2) is 7.44. The number of unbranched alkanes of at least 4 members (excludes halogenated alkanes) is 1. The summed E-state index contributed by atoms with van der Waals surface area (Å²) < 4.78 is 0. The first-order valence-electron chi connectivity index (χ1n) is 7.83. The molecule has 1 aromatic rings. The van der Waals surface area contributed by atoms with Crippen molar-refractivity contribution in [2.45, 2.75) is 58.5 Å². The molecule has 0 bridgehead atoms. The van der Waals surface area contributed by atoms with Crippen LogP contribution in [0.1, 0.15) is 51.5 Å². The summed E-state index contributed by atoms with van der Waals surface area (Å²) in [6.07, 6.45) is 5.45. The van der Waals surface area contributed by atoms with Crippen molar-refractivity contribution in [3.63, 3.8) is 0 Å². The molecule has 1 N–H and O–H groups in total. The molecule has 3 heteroatoms. The Labute approximate surface area is 122 Å². The molecule has 1 amide bonds. The van der Waals surface area contributed by atoms with Crippen LogP contribution in [0.2, 0.25) is 0 Å². The van der Waals surface area contributed by atoms with E-state index in [-0.39, 0.29) is 5.91 Å². The minimum atomic E-state index is 0.254. The summed E-state index contributed by atoms with van der Waals surface area (Å²) in [6, 6.07) is 8.95. The summed E-state index contributed by atoms with van der Waals surface area (Å²) in [6.45, 7) is 6.24. The Balaban J connectivity index is 1.84. The van der Waals surface area contributed by atoms with Crippen molar-refractivity contribution in [3.8, 4) is 0 Å². The molecular formula is C17H26N2O. The van der Waals surface area contributed by atoms with Crippen molar-refractivity contribution < 1.29 is 4.79 Å². The van der Waals surface area contributed by atoms with Gasteiger partial charge in [-0.15, -0.1) is 0 Å². The van der Waals surface area contributed by atoms with Crippen LogP contribution in [0.5, 0.6) is 0 Å². The van der Waals surface area contributed by atoms with Crippen molar-refractivity contribution in [1.82, 2.24) is 5.32 Å². The van der Waals surface area contributed by atoms with Crippen LogP contribution in [0.15, 0.2) is 24.3 Å². The van der Waals surface area contributed by atoms with Gasteiger partial charge in [-0.2, -0.15) is 0 Å². The molecule has 1 aromatic carbocycles. The van der Waals surface area contributed by atoms with Gasteiger partial charge in [0.25, 0.3) is 0 Å². The molecule has 1 heterocycles. The summed E-state index contributed by atoms with van der Waals surface area (Å²) in [5.74, 6) is 0.254. The third-order valence-electron chi connectivity index (χ3n) is 3.97. The molecule has 0 radical (unpaired) electrons. The van der Waals surface area contributed by atoms with E-state index in [0.717, 1.165) is 25.2 Å². The Bertz CT molecular complexity index is 427. The molecule has 0 spiro atoms. The highest BCUT2D eigenvalue weighted by molar-refractivity contribution is 5.95. The SMILES string of the molecule is CCCCC(C)NCc1ccc(N2CCCC2=O)cc1. The number of carbonyl (C=O) groups excluding carboxylic acids is 1. The normalized spacial score (nSPS) is 16.7. The van der Waals surface area contributed by atoms with E-state index >= 15 is 0 Å². The van der Waals surface area contributed by atoms with Crippen molar-refractivity contribution in [3.05, 3.63) is 29.8 Å². The van der Waals surface area contributed by atoms with Gasteiger partial charge in [0.15, 0.2) is 0 Å². The number of anilines is 1. The molecule has 1 atom stereocenters. The van der Waals surface area contributed by atoms with Crippen LogP contribution in [-0.4, -0.2) is 18.5 Å². The van der Waals surface area contributed by atoms with E-state index in [9.17, 15) is 4.79 Å². The lowest BCUT2D eigenvalue weighted by Gasteiger charge is -2.17. The topological polar surface area (TPSA) is 32.3 Å². The lowest BCUT2D eigenvalue weighted by atomic mass is 10.1. The molecule has 1 saturated heterocycles. The van der Waals surface area contributed by atoms with E-state index < -0.39 is 0 Å². The van der Waals surface area contributed by atoms with E-state index in [1.54, 1.807) is 0 Å². The van der Waals surface area contributed by atoms with Crippen LogP contribution in [-0.2, 0) is 11.3 Å². The molecular weight excluding hydrogens is 248 g/mol. The van der Waals surface area contributed by atoms with Crippen LogP contribution in [0.3, 0.4) is 0 Å². The van der Waals surface area contributed by atoms with Gasteiger partial charge >= 0.3 is 0 Å². The highest BCUT2D eigenvalue weighted by atomic mass is 16.2. The standard InChI is InChI=1S/C17H26N2O/c1-3-4-6-14(2)18-13-15-8-10-16(11-9-15)19-12-5-7-17(19)20/h8-11,14,18H,3-7,12-13H2,1-2H3. The fourth-order valence-corrected chi connectivity index (χ4v) is 2.62. The highest BCUT2D eigenvalue weighted by Crippen LogP contribution is 2.21. The van der Waals surface area contributed by atoms with Gasteiger partial charge in [-0.1, -0.05) is 31.9 Å². The van der Waals surface area contributed by atoms with Crippen LogP contribution < -0.4 is 10.2 Å². The molecule has 1 unspecified atom stereocenters. The largest absolute Gasteiger partial charge is 0.312 e. The zero-order chi connectivity index (χ0) is 14.4. The average molecular weight is 274 g/mol. The predicted molar refractivity (Wildman–Crippen MR) is 83.9 cm³/mol. The molecule has 3 nitrogen and oxygen atoms in total.